The molecule has 3 aromatic rings. The molecule has 0 fully saturated rings. The molecular weight excluding hydrogens is 312 g/mol. The Morgan fingerprint density at radius 3 is 2.20 bits per heavy atom. The predicted molar refractivity (Wildman–Crippen MR) is 99.6 cm³/mol. The summed E-state index contributed by atoms with van der Waals surface area (Å²) in [5.74, 6) is 1.02. The molecule has 126 valence electrons. The highest BCUT2D eigenvalue weighted by molar-refractivity contribution is 6.03. The molecule has 1 heterocycles. The Bertz CT molecular complexity index is 804. The van der Waals surface area contributed by atoms with Crippen molar-refractivity contribution in [2.45, 2.75) is 13.5 Å². The van der Waals surface area contributed by atoms with E-state index in [0.29, 0.717) is 11.4 Å². The molecule has 0 saturated carbocycles. The summed E-state index contributed by atoms with van der Waals surface area (Å²) in [6, 6.07) is 22.9. The first-order valence-electron chi connectivity index (χ1n) is 8.25. The molecule has 5 nitrogen and oxygen atoms in total. The zero-order chi connectivity index (χ0) is 17.5. The molecule has 0 aliphatic rings. The molecular formula is C20H20N4O. The first-order chi connectivity index (χ1) is 12.3. The van der Waals surface area contributed by atoms with Gasteiger partial charge in [-0.2, -0.15) is 0 Å². The molecule has 3 rings (SSSR count). The third-order valence-electron chi connectivity index (χ3n) is 3.85. The van der Waals surface area contributed by atoms with Gasteiger partial charge in [-0.25, -0.2) is 0 Å². The highest BCUT2D eigenvalue weighted by Crippen LogP contribution is 2.15. The number of amides is 1. The van der Waals surface area contributed by atoms with E-state index in [2.05, 4.69) is 39.5 Å². The number of carbonyl (C=O) groups excluding carboxylic acids is 1. The molecule has 0 bridgehead atoms. The summed E-state index contributed by atoms with van der Waals surface area (Å²) >= 11 is 0. The van der Waals surface area contributed by atoms with Crippen LogP contribution in [-0.4, -0.2) is 22.6 Å². The standard InChI is InChI=1S/C20H20N4O/c1-2-24(15-16-9-5-3-6-10-16)19-14-13-18(22-23-19)21-20(25)17-11-7-4-8-12-17/h3-14H,2,15H2,1H3,(H,21,22,25). The quantitative estimate of drug-likeness (QED) is 0.747. The Kier molecular flexibility index (Phi) is 5.36. The average molecular weight is 332 g/mol. The SMILES string of the molecule is CCN(Cc1ccccc1)c1ccc(NC(=O)c2ccccc2)nn1. The van der Waals surface area contributed by atoms with Gasteiger partial charge in [0.2, 0.25) is 0 Å². The first-order valence-corrected chi connectivity index (χ1v) is 8.25. The summed E-state index contributed by atoms with van der Waals surface area (Å²) < 4.78 is 0. The summed E-state index contributed by atoms with van der Waals surface area (Å²) in [6.07, 6.45) is 0. The smallest absolute Gasteiger partial charge is 0.256 e. The number of hydrogen-bond acceptors (Lipinski definition) is 4. The second kappa shape index (κ2) is 8.06. The largest absolute Gasteiger partial charge is 0.351 e. The average Bonchev–Trinajstić information content (AvgIpc) is 2.68. The Morgan fingerprint density at radius 2 is 1.60 bits per heavy atom. The van der Waals surface area contributed by atoms with Gasteiger partial charge in [0.15, 0.2) is 11.6 Å². The first kappa shape index (κ1) is 16.6. The number of nitrogens with one attached hydrogen (secondary N) is 1. The lowest BCUT2D eigenvalue weighted by molar-refractivity contribution is 0.102. The fourth-order valence-electron chi connectivity index (χ4n) is 2.50. The maximum atomic E-state index is 12.1. The Balaban J connectivity index is 1.67. The molecule has 25 heavy (non-hydrogen) atoms. The Hall–Kier alpha value is -3.21. The molecule has 1 amide bonds. The van der Waals surface area contributed by atoms with E-state index in [1.54, 1.807) is 18.2 Å². The lowest BCUT2D eigenvalue weighted by atomic mass is 10.2. The predicted octanol–water partition coefficient (Wildman–Crippen LogP) is 3.76. The maximum absolute atomic E-state index is 12.1. The van der Waals surface area contributed by atoms with Crippen LogP contribution in [0.1, 0.15) is 22.8 Å². The monoisotopic (exact) mass is 332 g/mol. The van der Waals surface area contributed by atoms with Gasteiger partial charge in [-0.15, -0.1) is 10.2 Å². The minimum atomic E-state index is -0.195. The summed E-state index contributed by atoms with van der Waals surface area (Å²) in [6.45, 7) is 3.66. The number of rotatable bonds is 6. The second-order valence-corrected chi connectivity index (χ2v) is 5.60. The highest BCUT2D eigenvalue weighted by atomic mass is 16.1. The lowest BCUT2D eigenvalue weighted by Gasteiger charge is -2.21. The Morgan fingerprint density at radius 1 is 0.920 bits per heavy atom. The third kappa shape index (κ3) is 4.41. The molecule has 2 aromatic carbocycles. The van der Waals surface area contributed by atoms with Crippen LogP contribution >= 0.6 is 0 Å². The molecule has 0 spiro atoms. The van der Waals surface area contributed by atoms with Crippen LogP contribution in [0.3, 0.4) is 0 Å². The summed E-state index contributed by atoms with van der Waals surface area (Å²) in [7, 11) is 0. The van der Waals surface area contributed by atoms with Crippen molar-refractivity contribution in [3.8, 4) is 0 Å². The van der Waals surface area contributed by atoms with Gasteiger partial charge in [-0.1, -0.05) is 48.5 Å². The summed E-state index contributed by atoms with van der Waals surface area (Å²) in [5, 5.41) is 11.1. The molecule has 0 saturated heterocycles. The van der Waals surface area contributed by atoms with Crippen LogP contribution < -0.4 is 10.2 Å². The van der Waals surface area contributed by atoms with E-state index < -0.39 is 0 Å². The number of carbonyl (C=O) groups is 1. The topological polar surface area (TPSA) is 58.1 Å². The van der Waals surface area contributed by atoms with E-state index >= 15 is 0 Å². The molecule has 1 aromatic heterocycles. The van der Waals surface area contributed by atoms with Crippen molar-refractivity contribution in [1.82, 2.24) is 10.2 Å². The number of nitrogens with zero attached hydrogens (tertiary/aromatic N) is 3. The number of benzene rings is 2. The van der Waals surface area contributed by atoms with E-state index in [-0.39, 0.29) is 5.91 Å². The zero-order valence-corrected chi connectivity index (χ0v) is 14.1. The molecule has 0 atom stereocenters. The highest BCUT2D eigenvalue weighted by Gasteiger charge is 2.10. The molecule has 0 aliphatic heterocycles. The van der Waals surface area contributed by atoms with Gasteiger partial charge < -0.3 is 10.2 Å². The van der Waals surface area contributed by atoms with Crippen LogP contribution in [0.25, 0.3) is 0 Å². The van der Waals surface area contributed by atoms with Gasteiger partial charge in [-0.3, -0.25) is 4.79 Å². The molecule has 0 radical (unpaired) electrons. The van der Waals surface area contributed by atoms with Gasteiger partial charge in [0, 0.05) is 18.7 Å². The van der Waals surface area contributed by atoms with E-state index in [4.69, 9.17) is 0 Å². The van der Waals surface area contributed by atoms with E-state index in [1.807, 2.05) is 42.5 Å². The van der Waals surface area contributed by atoms with Crippen molar-refractivity contribution >= 4 is 17.5 Å². The third-order valence-corrected chi connectivity index (χ3v) is 3.85. The van der Waals surface area contributed by atoms with Crippen LogP contribution in [0.15, 0.2) is 72.8 Å². The fraction of sp³-hybridized carbons (Fsp3) is 0.150. The summed E-state index contributed by atoms with van der Waals surface area (Å²) in [4.78, 5) is 14.3. The molecule has 1 N–H and O–H groups in total. The molecule has 5 heteroatoms. The maximum Gasteiger partial charge on any atom is 0.256 e. The van der Waals surface area contributed by atoms with Gasteiger partial charge in [0.25, 0.3) is 5.91 Å². The van der Waals surface area contributed by atoms with Gasteiger partial charge in [0.05, 0.1) is 0 Å². The molecule has 0 aliphatic carbocycles. The zero-order valence-electron chi connectivity index (χ0n) is 14.1. The van der Waals surface area contributed by atoms with Crippen LogP contribution in [0, 0.1) is 0 Å². The van der Waals surface area contributed by atoms with Gasteiger partial charge >= 0.3 is 0 Å². The molecule has 0 unspecified atom stereocenters. The lowest BCUT2D eigenvalue weighted by Crippen LogP contribution is -2.23. The normalized spacial score (nSPS) is 10.3. The van der Waals surface area contributed by atoms with Crippen LogP contribution in [-0.2, 0) is 6.54 Å². The van der Waals surface area contributed by atoms with Crippen molar-refractivity contribution in [3.05, 3.63) is 83.9 Å². The number of hydrogen-bond donors (Lipinski definition) is 1. The van der Waals surface area contributed by atoms with Crippen molar-refractivity contribution in [3.63, 3.8) is 0 Å². The number of anilines is 2. The van der Waals surface area contributed by atoms with E-state index in [1.165, 1.54) is 5.56 Å². The van der Waals surface area contributed by atoms with Gasteiger partial charge in [0.1, 0.15) is 0 Å². The minimum Gasteiger partial charge on any atom is -0.351 e. The van der Waals surface area contributed by atoms with E-state index in [9.17, 15) is 4.79 Å². The van der Waals surface area contributed by atoms with E-state index in [0.717, 1.165) is 18.9 Å². The second-order valence-electron chi connectivity index (χ2n) is 5.60. The Labute approximate surface area is 147 Å². The van der Waals surface area contributed by atoms with Crippen molar-refractivity contribution in [2.75, 3.05) is 16.8 Å². The van der Waals surface area contributed by atoms with Crippen molar-refractivity contribution in [1.29, 1.82) is 0 Å². The summed E-state index contributed by atoms with van der Waals surface area (Å²) in [5.41, 5.74) is 1.81. The van der Waals surface area contributed by atoms with Crippen molar-refractivity contribution in [2.24, 2.45) is 0 Å². The van der Waals surface area contributed by atoms with Crippen molar-refractivity contribution < 1.29 is 4.79 Å². The van der Waals surface area contributed by atoms with Crippen LogP contribution in [0.2, 0.25) is 0 Å². The fourth-order valence-corrected chi connectivity index (χ4v) is 2.50. The number of aromatic nitrogens is 2. The minimum absolute atomic E-state index is 0.195. The van der Waals surface area contributed by atoms with Crippen LogP contribution in [0.5, 0.6) is 0 Å². The van der Waals surface area contributed by atoms with Crippen LogP contribution in [0.4, 0.5) is 11.6 Å². The van der Waals surface area contributed by atoms with Gasteiger partial charge in [-0.05, 0) is 36.8 Å².